The van der Waals surface area contributed by atoms with Crippen molar-refractivity contribution in [3.05, 3.63) is 52.9 Å². The number of halogens is 2. The molecule has 0 radical (unpaired) electrons. The zero-order valence-corrected chi connectivity index (χ0v) is 21.1. The molecule has 3 aliphatic carbocycles. The Morgan fingerprint density at radius 2 is 2.03 bits per heavy atom. The first-order chi connectivity index (χ1) is 16.4. The number of hydrogen-bond donors (Lipinski definition) is 1. The molecular formula is C29H33F2N3O. The van der Waals surface area contributed by atoms with Gasteiger partial charge in [-0.05, 0) is 61.7 Å². The quantitative estimate of drug-likeness (QED) is 0.472. The van der Waals surface area contributed by atoms with Gasteiger partial charge >= 0.3 is 0 Å². The summed E-state index contributed by atoms with van der Waals surface area (Å²) >= 11 is 0. The predicted octanol–water partition coefficient (Wildman–Crippen LogP) is 7.04. The van der Waals surface area contributed by atoms with Gasteiger partial charge < -0.3 is 5.41 Å². The molecule has 1 aromatic heterocycles. The van der Waals surface area contributed by atoms with Crippen LogP contribution in [0.15, 0.2) is 41.6 Å². The molecular weight excluding hydrogens is 444 g/mol. The molecule has 6 heteroatoms. The lowest BCUT2D eigenvalue weighted by Crippen LogP contribution is -2.61. The molecule has 5 atom stereocenters. The Morgan fingerprint density at radius 1 is 1.31 bits per heavy atom. The molecule has 3 aliphatic rings. The zero-order chi connectivity index (χ0) is 25.8. The summed E-state index contributed by atoms with van der Waals surface area (Å²) in [5.74, 6) is -4.96. The number of nitriles is 1. The van der Waals surface area contributed by atoms with Crippen LogP contribution in [0.25, 0.3) is 11.6 Å². The maximum absolute atomic E-state index is 15.3. The molecule has 0 aliphatic heterocycles. The number of pyridine rings is 1. The second-order valence-corrected chi connectivity index (χ2v) is 10.8. The van der Waals surface area contributed by atoms with Gasteiger partial charge in [-0.2, -0.15) is 5.26 Å². The Hall–Kier alpha value is -2.94. The topological polar surface area (TPSA) is 77.6 Å². The molecule has 2 saturated carbocycles. The van der Waals surface area contributed by atoms with Gasteiger partial charge in [0.15, 0.2) is 0 Å². The zero-order valence-electron chi connectivity index (χ0n) is 21.1. The first kappa shape index (κ1) is 25.2. The van der Waals surface area contributed by atoms with Crippen LogP contribution in [-0.4, -0.2) is 22.4 Å². The molecule has 184 valence electrons. The smallest absolute Gasteiger partial charge is 0.252 e. The third-order valence-corrected chi connectivity index (χ3v) is 9.20. The van der Waals surface area contributed by atoms with Crippen molar-refractivity contribution >= 4 is 23.1 Å². The van der Waals surface area contributed by atoms with Crippen LogP contribution >= 0.6 is 0 Å². The van der Waals surface area contributed by atoms with E-state index >= 15 is 8.78 Å². The number of nitrogens with one attached hydrogen (secondary N) is 1. The summed E-state index contributed by atoms with van der Waals surface area (Å²) in [6, 6.07) is 6.03. The van der Waals surface area contributed by atoms with E-state index in [1.165, 1.54) is 6.92 Å². The maximum atomic E-state index is 15.3. The van der Waals surface area contributed by atoms with Gasteiger partial charge in [0.05, 0.1) is 22.8 Å². The summed E-state index contributed by atoms with van der Waals surface area (Å²) in [4.78, 5) is 17.7. The van der Waals surface area contributed by atoms with Gasteiger partial charge in [-0.15, -0.1) is 0 Å². The van der Waals surface area contributed by atoms with Crippen molar-refractivity contribution in [3.63, 3.8) is 0 Å². The standard InChI is InChI=1S/C29H33F2N3O/c1-17-7-6-8-23(24(17)14-32)21-9-10-22(34-15-21)11-12-25-19(3)29(30,31)16-28(20(4)33)26(35)13-18(2)27(25,28)5/h8-12,15,18-19,25,33H,6-7,13,16H2,1-5H3/b12-11+,33-20?/t18?,19?,25-,27?,28?/m0/s1. The minimum atomic E-state index is -3.06. The minimum absolute atomic E-state index is 0.0409. The molecule has 1 heterocycles. The highest BCUT2D eigenvalue weighted by Gasteiger charge is 2.72. The number of nitrogens with zero attached hydrogens (tertiary/aromatic N) is 2. The van der Waals surface area contributed by atoms with Crippen molar-refractivity contribution < 1.29 is 13.6 Å². The Balaban J connectivity index is 1.70. The van der Waals surface area contributed by atoms with E-state index in [9.17, 15) is 10.1 Å². The molecule has 0 saturated heterocycles. The van der Waals surface area contributed by atoms with Crippen LogP contribution in [0.4, 0.5) is 8.78 Å². The summed E-state index contributed by atoms with van der Waals surface area (Å²) in [5, 5.41) is 18.0. The number of alkyl halides is 2. The number of carbonyl (C=O) groups is 1. The van der Waals surface area contributed by atoms with Crippen molar-refractivity contribution in [1.82, 2.24) is 4.98 Å². The number of aromatic nitrogens is 1. The molecule has 35 heavy (non-hydrogen) atoms. The molecule has 0 amide bonds. The number of carbonyl (C=O) groups excluding carboxylic acids is 1. The van der Waals surface area contributed by atoms with Crippen LogP contribution in [-0.2, 0) is 4.79 Å². The van der Waals surface area contributed by atoms with Crippen LogP contribution in [0.5, 0.6) is 0 Å². The Morgan fingerprint density at radius 3 is 2.63 bits per heavy atom. The fraction of sp³-hybridized carbons (Fsp3) is 0.517. The molecule has 4 nitrogen and oxygen atoms in total. The van der Waals surface area contributed by atoms with Crippen LogP contribution in [0.2, 0.25) is 0 Å². The van der Waals surface area contributed by atoms with Gasteiger partial charge in [-0.3, -0.25) is 9.78 Å². The minimum Gasteiger partial charge on any atom is -0.309 e. The van der Waals surface area contributed by atoms with Crippen molar-refractivity contribution in [2.24, 2.45) is 28.6 Å². The number of Topliss-reactive ketones (excluding diaryl/α,β-unsaturated/α-hetero) is 1. The van der Waals surface area contributed by atoms with Crippen LogP contribution in [0.1, 0.15) is 71.6 Å². The van der Waals surface area contributed by atoms with Gasteiger partial charge in [0, 0.05) is 36.2 Å². The Kier molecular flexibility index (Phi) is 6.20. The summed E-state index contributed by atoms with van der Waals surface area (Å²) < 4.78 is 30.6. The van der Waals surface area contributed by atoms with Gasteiger partial charge in [-0.1, -0.05) is 44.6 Å². The summed E-state index contributed by atoms with van der Waals surface area (Å²) in [6.07, 6.45) is 8.72. The van der Waals surface area contributed by atoms with Gasteiger partial charge in [-0.25, -0.2) is 8.78 Å². The van der Waals surface area contributed by atoms with E-state index in [2.05, 4.69) is 17.1 Å². The molecule has 1 N–H and O–H groups in total. The van der Waals surface area contributed by atoms with E-state index in [1.54, 1.807) is 25.3 Å². The maximum Gasteiger partial charge on any atom is 0.252 e. The first-order valence-electron chi connectivity index (χ1n) is 12.3. The molecule has 2 fully saturated rings. The molecule has 4 unspecified atom stereocenters. The average molecular weight is 478 g/mol. The third-order valence-electron chi connectivity index (χ3n) is 9.20. The lowest BCUT2D eigenvalue weighted by atomic mass is 9.47. The molecule has 0 aromatic carbocycles. The van der Waals surface area contributed by atoms with Crippen molar-refractivity contribution in [1.29, 1.82) is 10.7 Å². The Bertz CT molecular complexity index is 1200. The lowest BCUT2D eigenvalue weighted by molar-refractivity contribution is -0.178. The van der Waals surface area contributed by atoms with E-state index in [0.717, 1.165) is 29.6 Å². The van der Waals surface area contributed by atoms with E-state index in [-0.39, 0.29) is 23.8 Å². The summed E-state index contributed by atoms with van der Waals surface area (Å²) in [5.41, 5.74) is 1.95. The molecule has 0 spiro atoms. The van der Waals surface area contributed by atoms with E-state index in [0.29, 0.717) is 11.3 Å². The highest BCUT2D eigenvalue weighted by Crippen LogP contribution is 2.68. The van der Waals surface area contributed by atoms with Gasteiger partial charge in [0.1, 0.15) is 5.78 Å². The lowest BCUT2D eigenvalue weighted by Gasteiger charge is -2.57. The monoisotopic (exact) mass is 477 g/mol. The number of rotatable bonds is 4. The SMILES string of the molecule is CC(=N)C12CC(F)(F)C(C)[C@H](/C=C/c3ccc(C4=CCCC(C)=C4C#N)cn3)C1(C)C(C)CC2=O. The second-order valence-electron chi connectivity index (χ2n) is 10.8. The molecule has 0 bridgehead atoms. The number of allylic oxidation sites excluding steroid dienone is 5. The van der Waals surface area contributed by atoms with Gasteiger partial charge in [0.25, 0.3) is 5.92 Å². The fourth-order valence-electron chi connectivity index (χ4n) is 6.87. The second kappa shape index (κ2) is 8.62. The largest absolute Gasteiger partial charge is 0.309 e. The molecule has 1 aromatic rings. The van der Waals surface area contributed by atoms with Gasteiger partial charge in [0.2, 0.25) is 0 Å². The van der Waals surface area contributed by atoms with Crippen molar-refractivity contribution in [2.75, 3.05) is 0 Å². The van der Waals surface area contributed by atoms with Crippen molar-refractivity contribution in [3.8, 4) is 6.07 Å². The normalized spacial score (nSPS) is 34.5. The van der Waals surface area contributed by atoms with E-state index in [4.69, 9.17) is 5.41 Å². The summed E-state index contributed by atoms with van der Waals surface area (Å²) in [7, 11) is 0. The van der Waals surface area contributed by atoms with Crippen LogP contribution in [0.3, 0.4) is 0 Å². The third kappa shape index (κ3) is 3.63. The van der Waals surface area contributed by atoms with E-state index in [1.807, 2.05) is 32.9 Å². The number of fused-ring (bicyclic) bond motifs is 1. The number of ketones is 1. The highest BCUT2D eigenvalue weighted by molar-refractivity contribution is 6.10. The molecule has 4 rings (SSSR count). The van der Waals surface area contributed by atoms with E-state index < -0.39 is 35.0 Å². The predicted molar refractivity (Wildman–Crippen MR) is 134 cm³/mol. The average Bonchev–Trinajstić information content (AvgIpc) is 3.00. The van der Waals surface area contributed by atoms with Crippen LogP contribution in [0, 0.1) is 45.3 Å². The number of hydrogen-bond acceptors (Lipinski definition) is 4. The fourth-order valence-corrected chi connectivity index (χ4v) is 6.87. The van der Waals surface area contributed by atoms with Crippen molar-refractivity contribution in [2.45, 2.75) is 66.2 Å². The van der Waals surface area contributed by atoms with Crippen LogP contribution < -0.4 is 0 Å². The Labute approximate surface area is 206 Å². The highest BCUT2D eigenvalue weighted by atomic mass is 19.3. The first-order valence-corrected chi connectivity index (χ1v) is 12.3. The summed E-state index contributed by atoms with van der Waals surface area (Å²) in [6.45, 7) is 8.91.